The number of hydrogen-bond donors (Lipinski definition) is 0. The van der Waals surface area contributed by atoms with Gasteiger partial charge in [0.25, 0.3) is 5.91 Å². The molecule has 1 aliphatic rings. The highest BCUT2D eigenvalue weighted by atomic mass is 16.5. The van der Waals surface area contributed by atoms with Crippen LogP contribution in [0.5, 0.6) is 11.5 Å². The van der Waals surface area contributed by atoms with Crippen molar-refractivity contribution in [3.05, 3.63) is 48.0 Å². The third kappa shape index (κ3) is 3.02. The standard InChI is InChI=1S/C20H24N2O3/c1-14(2)21-12-13-22(16-9-6-5-8-15(16)21)20(23)19-17(24-3)10-7-11-18(19)25-4/h5-11,14H,12-13H2,1-4H3. The first-order valence-corrected chi connectivity index (χ1v) is 8.47. The second-order valence-corrected chi connectivity index (χ2v) is 6.27. The number of amides is 1. The van der Waals surface area contributed by atoms with Crippen LogP contribution in [0.3, 0.4) is 0 Å². The number of benzene rings is 2. The minimum Gasteiger partial charge on any atom is -0.496 e. The van der Waals surface area contributed by atoms with Crippen LogP contribution in [0, 0.1) is 0 Å². The molecule has 3 rings (SSSR count). The lowest BCUT2D eigenvalue weighted by atomic mass is 10.1. The normalized spacial score (nSPS) is 13.6. The van der Waals surface area contributed by atoms with E-state index in [0.29, 0.717) is 29.6 Å². The van der Waals surface area contributed by atoms with Gasteiger partial charge >= 0.3 is 0 Å². The van der Waals surface area contributed by atoms with Crippen molar-refractivity contribution in [3.63, 3.8) is 0 Å². The number of carbonyl (C=O) groups is 1. The summed E-state index contributed by atoms with van der Waals surface area (Å²) >= 11 is 0. The Morgan fingerprint density at radius 2 is 1.52 bits per heavy atom. The highest BCUT2D eigenvalue weighted by Gasteiger charge is 2.31. The number of rotatable bonds is 4. The number of nitrogens with zero attached hydrogens (tertiary/aromatic N) is 2. The Morgan fingerprint density at radius 1 is 0.920 bits per heavy atom. The van der Waals surface area contributed by atoms with Gasteiger partial charge in [-0.2, -0.15) is 0 Å². The quantitative estimate of drug-likeness (QED) is 0.853. The fourth-order valence-corrected chi connectivity index (χ4v) is 3.33. The summed E-state index contributed by atoms with van der Waals surface area (Å²) in [5.41, 5.74) is 2.45. The fourth-order valence-electron chi connectivity index (χ4n) is 3.33. The highest BCUT2D eigenvalue weighted by molar-refractivity contribution is 6.11. The van der Waals surface area contributed by atoms with E-state index in [2.05, 4.69) is 24.8 Å². The minimum absolute atomic E-state index is 0.106. The SMILES string of the molecule is COc1cccc(OC)c1C(=O)N1CCN(C(C)C)c2ccccc21. The zero-order valence-corrected chi connectivity index (χ0v) is 15.2. The van der Waals surface area contributed by atoms with Gasteiger partial charge in [-0.3, -0.25) is 4.79 Å². The van der Waals surface area contributed by atoms with Crippen molar-refractivity contribution in [2.24, 2.45) is 0 Å². The second kappa shape index (κ2) is 7.05. The minimum atomic E-state index is -0.106. The Bertz CT molecular complexity index is 751. The van der Waals surface area contributed by atoms with E-state index in [1.807, 2.05) is 29.2 Å². The Balaban J connectivity index is 2.06. The Kier molecular flexibility index (Phi) is 4.83. The summed E-state index contributed by atoms with van der Waals surface area (Å²) in [5.74, 6) is 0.936. The molecule has 0 aromatic heterocycles. The van der Waals surface area contributed by atoms with E-state index < -0.39 is 0 Å². The molecule has 2 aromatic rings. The number of carbonyl (C=O) groups excluding carboxylic acids is 1. The zero-order chi connectivity index (χ0) is 18.0. The van der Waals surface area contributed by atoms with Crippen LogP contribution < -0.4 is 19.3 Å². The summed E-state index contributed by atoms with van der Waals surface area (Å²) in [6, 6.07) is 13.8. The molecule has 2 aromatic carbocycles. The number of ether oxygens (including phenoxy) is 2. The smallest absolute Gasteiger partial charge is 0.265 e. The summed E-state index contributed by atoms with van der Waals surface area (Å²) in [7, 11) is 3.13. The van der Waals surface area contributed by atoms with Gasteiger partial charge in [0.15, 0.2) is 0 Å². The van der Waals surface area contributed by atoms with Crippen LogP contribution in [0.2, 0.25) is 0 Å². The van der Waals surface area contributed by atoms with Crippen LogP contribution in [0.1, 0.15) is 24.2 Å². The first-order chi connectivity index (χ1) is 12.1. The average molecular weight is 340 g/mol. The maximum Gasteiger partial charge on any atom is 0.265 e. The van der Waals surface area contributed by atoms with Crippen LogP contribution in [0.4, 0.5) is 11.4 Å². The molecule has 0 bridgehead atoms. The van der Waals surface area contributed by atoms with Crippen molar-refractivity contribution < 1.29 is 14.3 Å². The molecule has 0 atom stereocenters. The van der Waals surface area contributed by atoms with Gasteiger partial charge < -0.3 is 19.3 Å². The van der Waals surface area contributed by atoms with E-state index in [9.17, 15) is 4.79 Å². The lowest BCUT2D eigenvalue weighted by molar-refractivity contribution is 0.0980. The van der Waals surface area contributed by atoms with E-state index in [4.69, 9.17) is 9.47 Å². The molecule has 1 heterocycles. The van der Waals surface area contributed by atoms with Gasteiger partial charge in [-0.15, -0.1) is 0 Å². The molecule has 0 aliphatic carbocycles. The molecule has 0 fully saturated rings. The predicted molar refractivity (Wildman–Crippen MR) is 100 cm³/mol. The zero-order valence-electron chi connectivity index (χ0n) is 15.2. The van der Waals surface area contributed by atoms with Crippen LogP contribution in [-0.4, -0.2) is 39.3 Å². The van der Waals surface area contributed by atoms with Crippen LogP contribution >= 0.6 is 0 Å². The van der Waals surface area contributed by atoms with Gasteiger partial charge in [-0.25, -0.2) is 0 Å². The van der Waals surface area contributed by atoms with E-state index in [-0.39, 0.29) is 5.91 Å². The van der Waals surface area contributed by atoms with Gasteiger partial charge in [0, 0.05) is 19.1 Å². The summed E-state index contributed by atoms with van der Waals surface area (Å²) in [4.78, 5) is 17.5. The van der Waals surface area contributed by atoms with Gasteiger partial charge in [-0.05, 0) is 38.1 Å². The molecule has 0 radical (unpaired) electrons. The third-order valence-corrected chi connectivity index (χ3v) is 4.56. The van der Waals surface area contributed by atoms with E-state index >= 15 is 0 Å². The first-order valence-electron chi connectivity index (χ1n) is 8.47. The lowest BCUT2D eigenvalue weighted by Crippen LogP contribution is -2.46. The fraction of sp³-hybridized carbons (Fsp3) is 0.350. The predicted octanol–water partition coefficient (Wildman–Crippen LogP) is 3.58. The van der Waals surface area contributed by atoms with Crippen molar-refractivity contribution in [2.45, 2.75) is 19.9 Å². The number of anilines is 2. The number of para-hydroxylation sites is 2. The van der Waals surface area contributed by atoms with Crippen LogP contribution in [0.25, 0.3) is 0 Å². The number of fused-ring (bicyclic) bond motifs is 1. The van der Waals surface area contributed by atoms with Crippen molar-refractivity contribution in [1.82, 2.24) is 0 Å². The Labute approximate surface area is 148 Å². The first kappa shape index (κ1) is 17.1. The second-order valence-electron chi connectivity index (χ2n) is 6.27. The van der Waals surface area contributed by atoms with Crippen LogP contribution in [0.15, 0.2) is 42.5 Å². The number of hydrogen-bond acceptors (Lipinski definition) is 4. The molecule has 25 heavy (non-hydrogen) atoms. The summed E-state index contributed by atoms with van der Waals surface area (Å²) < 4.78 is 10.8. The molecule has 0 saturated carbocycles. The van der Waals surface area contributed by atoms with Gasteiger partial charge in [0.2, 0.25) is 0 Å². The molecule has 0 saturated heterocycles. The average Bonchev–Trinajstić information content (AvgIpc) is 2.65. The molecule has 0 unspecified atom stereocenters. The van der Waals surface area contributed by atoms with Crippen LogP contribution in [-0.2, 0) is 0 Å². The van der Waals surface area contributed by atoms with Crippen molar-refractivity contribution in [2.75, 3.05) is 37.1 Å². The maximum atomic E-state index is 13.3. The van der Waals surface area contributed by atoms with Gasteiger partial charge in [-0.1, -0.05) is 18.2 Å². The molecule has 0 spiro atoms. The molecular formula is C20H24N2O3. The molecular weight excluding hydrogens is 316 g/mol. The summed E-state index contributed by atoms with van der Waals surface area (Å²) in [6.07, 6.45) is 0. The number of methoxy groups -OCH3 is 2. The molecule has 132 valence electrons. The molecule has 5 heteroatoms. The Morgan fingerprint density at radius 3 is 2.08 bits per heavy atom. The van der Waals surface area contributed by atoms with Crippen molar-refractivity contribution in [1.29, 1.82) is 0 Å². The molecule has 1 amide bonds. The Hall–Kier alpha value is -2.69. The topological polar surface area (TPSA) is 42.0 Å². The highest BCUT2D eigenvalue weighted by Crippen LogP contribution is 2.37. The molecule has 5 nitrogen and oxygen atoms in total. The van der Waals surface area contributed by atoms with E-state index in [0.717, 1.165) is 17.9 Å². The largest absolute Gasteiger partial charge is 0.496 e. The monoisotopic (exact) mass is 340 g/mol. The summed E-state index contributed by atoms with van der Waals surface area (Å²) in [5, 5.41) is 0. The van der Waals surface area contributed by atoms with E-state index in [1.165, 1.54) is 0 Å². The maximum absolute atomic E-state index is 13.3. The third-order valence-electron chi connectivity index (χ3n) is 4.56. The lowest BCUT2D eigenvalue weighted by Gasteiger charge is -2.40. The van der Waals surface area contributed by atoms with E-state index in [1.54, 1.807) is 26.4 Å². The molecule has 0 N–H and O–H groups in total. The van der Waals surface area contributed by atoms with Gasteiger partial charge in [0.1, 0.15) is 17.1 Å². The summed E-state index contributed by atoms with van der Waals surface area (Å²) in [6.45, 7) is 5.74. The van der Waals surface area contributed by atoms with Crippen molar-refractivity contribution in [3.8, 4) is 11.5 Å². The molecule has 1 aliphatic heterocycles. The van der Waals surface area contributed by atoms with Crippen molar-refractivity contribution >= 4 is 17.3 Å². The van der Waals surface area contributed by atoms with Gasteiger partial charge in [0.05, 0.1) is 25.6 Å².